The van der Waals surface area contributed by atoms with E-state index in [-0.39, 0.29) is 23.9 Å². The third kappa shape index (κ3) is 5.54. The zero-order valence-corrected chi connectivity index (χ0v) is 12.5. The molecule has 1 aromatic rings. The number of hydrogen-bond donors (Lipinski definition) is 2. The Morgan fingerprint density at radius 1 is 1.20 bits per heavy atom. The molecule has 5 nitrogen and oxygen atoms in total. The van der Waals surface area contributed by atoms with Gasteiger partial charge in [0.15, 0.2) is 0 Å². The fourth-order valence-corrected chi connectivity index (χ4v) is 2.49. The van der Waals surface area contributed by atoms with Gasteiger partial charge in [0.2, 0.25) is 15.9 Å². The molecule has 0 atom stereocenters. The minimum atomic E-state index is -3.51. The fourth-order valence-electron chi connectivity index (χ4n) is 1.46. The van der Waals surface area contributed by atoms with Crippen LogP contribution in [0.25, 0.3) is 0 Å². The van der Waals surface area contributed by atoms with Gasteiger partial charge in [0.1, 0.15) is 0 Å². The SMILES string of the molecule is CC/C=C\C(=O)NCCNS(=O)(=O)c1ccc(C)cc1. The van der Waals surface area contributed by atoms with Crippen LogP contribution >= 0.6 is 0 Å². The van der Waals surface area contributed by atoms with Gasteiger partial charge in [0.25, 0.3) is 0 Å². The molecule has 0 aliphatic rings. The van der Waals surface area contributed by atoms with E-state index in [2.05, 4.69) is 10.0 Å². The van der Waals surface area contributed by atoms with Gasteiger partial charge in [-0.1, -0.05) is 30.7 Å². The molecule has 1 rings (SSSR count). The lowest BCUT2D eigenvalue weighted by atomic mass is 10.2. The number of allylic oxidation sites excluding steroid dienone is 1. The highest BCUT2D eigenvalue weighted by Gasteiger charge is 2.12. The molecule has 0 saturated carbocycles. The number of sulfonamides is 1. The smallest absolute Gasteiger partial charge is 0.243 e. The molecular formula is C14H20N2O3S. The summed E-state index contributed by atoms with van der Waals surface area (Å²) in [5.41, 5.74) is 0.999. The summed E-state index contributed by atoms with van der Waals surface area (Å²) in [4.78, 5) is 11.5. The third-order valence-electron chi connectivity index (χ3n) is 2.55. The van der Waals surface area contributed by atoms with E-state index in [9.17, 15) is 13.2 Å². The summed E-state index contributed by atoms with van der Waals surface area (Å²) >= 11 is 0. The van der Waals surface area contributed by atoms with Gasteiger partial charge in [0, 0.05) is 13.1 Å². The molecular weight excluding hydrogens is 276 g/mol. The number of rotatable bonds is 7. The quantitative estimate of drug-likeness (QED) is 0.589. The molecule has 2 N–H and O–H groups in total. The number of amides is 1. The fraction of sp³-hybridized carbons (Fsp3) is 0.357. The maximum Gasteiger partial charge on any atom is 0.243 e. The molecule has 0 unspecified atom stereocenters. The van der Waals surface area contributed by atoms with Gasteiger partial charge < -0.3 is 5.32 Å². The van der Waals surface area contributed by atoms with Crippen LogP contribution in [-0.4, -0.2) is 27.4 Å². The van der Waals surface area contributed by atoms with Crippen LogP contribution in [0.15, 0.2) is 41.3 Å². The Bertz CT molecular complexity index is 563. The summed E-state index contributed by atoms with van der Waals surface area (Å²) in [7, 11) is -3.51. The second-order valence-electron chi connectivity index (χ2n) is 4.31. The van der Waals surface area contributed by atoms with Crippen molar-refractivity contribution < 1.29 is 13.2 Å². The van der Waals surface area contributed by atoms with Crippen molar-refractivity contribution in [3.8, 4) is 0 Å². The van der Waals surface area contributed by atoms with E-state index in [4.69, 9.17) is 0 Å². The molecule has 20 heavy (non-hydrogen) atoms. The molecule has 0 aliphatic heterocycles. The highest BCUT2D eigenvalue weighted by Crippen LogP contribution is 2.09. The second kappa shape index (κ2) is 7.81. The van der Waals surface area contributed by atoms with Crippen molar-refractivity contribution in [2.24, 2.45) is 0 Å². The average molecular weight is 296 g/mol. The minimum absolute atomic E-state index is 0.155. The van der Waals surface area contributed by atoms with E-state index in [1.807, 2.05) is 13.8 Å². The van der Waals surface area contributed by atoms with Crippen LogP contribution in [0.3, 0.4) is 0 Å². The van der Waals surface area contributed by atoms with Crippen LogP contribution in [0.2, 0.25) is 0 Å². The maximum atomic E-state index is 11.9. The van der Waals surface area contributed by atoms with Gasteiger partial charge in [-0.2, -0.15) is 0 Å². The Kier molecular flexibility index (Phi) is 6.41. The van der Waals surface area contributed by atoms with E-state index in [0.717, 1.165) is 12.0 Å². The van der Waals surface area contributed by atoms with E-state index in [0.29, 0.717) is 0 Å². The predicted molar refractivity (Wildman–Crippen MR) is 78.8 cm³/mol. The van der Waals surface area contributed by atoms with E-state index in [1.54, 1.807) is 30.3 Å². The number of hydrogen-bond acceptors (Lipinski definition) is 3. The Morgan fingerprint density at radius 3 is 2.45 bits per heavy atom. The Hall–Kier alpha value is -1.66. The van der Waals surface area contributed by atoms with Crippen molar-refractivity contribution in [3.05, 3.63) is 42.0 Å². The van der Waals surface area contributed by atoms with Crippen molar-refractivity contribution in [1.82, 2.24) is 10.0 Å². The average Bonchev–Trinajstić information content (AvgIpc) is 2.42. The first-order valence-electron chi connectivity index (χ1n) is 6.46. The van der Waals surface area contributed by atoms with Crippen LogP contribution in [0, 0.1) is 6.92 Å². The van der Waals surface area contributed by atoms with Crippen LogP contribution < -0.4 is 10.0 Å². The van der Waals surface area contributed by atoms with Crippen molar-refractivity contribution in [3.63, 3.8) is 0 Å². The monoisotopic (exact) mass is 296 g/mol. The molecule has 0 heterocycles. The molecule has 0 spiro atoms. The number of nitrogens with one attached hydrogen (secondary N) is 2. The van der Waals surface area contributed by atoms with Gasteiger partial charge >= 0.3 is 0 Å². The lowest BCUT2D eigenvalue weighted by Gasteiger charge is -2.07. The van der Waals surface area contributed by atoms with E-state index in [1.165, 1.54) is 6.08 Å². The van der Waals surface area contributed by atoms with Crippen molar-refractivity contribution >= 4 is 15.9 Å². The number of aryl methyl sites for hydroxylation is 1. The molecule has 0 fully saturated rings. The van der Waals surface area contributed by atoms with Crippen molar-refractivity contribution in [2.75, 3.05) is 13.1 Å². The lowest BCUT2D eigenvalue weighted by molar-refractivity contribution is -0.116. The van der Waals surface area contributed by atoms with Gasteiger partial charge in [-0.25, -0.2) is 13.1 Å². The minimum Gasteiger partial charge on any atom is -0.351 e. The van der Waals surface area contributed by atoms with Crippen LogP contribution in [0.4, 0.5) is 0 Å². The molecule has 110 valence electrons. The Morgan fingerprint density at radius 2 is 1.85 bits per heavy atom. The molecule has 0 bridgehead atoms. The summed E-state index contributed by atoms with van der Waals surface area (Å²) in [5, 5.41) is 2.60. The summed E-state index contributed by atoms with van der Waals surface area (Å²) < 4.78 is 26.3. The van der Waals surface area contributed by atoms with Gasteiger partial charge in [-0.3, -0.25) is 4.79 Å². The Labute approximate surface area is 120 Å². The first-order valence-corrected chi connectivity index (χ1v) is 7.94. The maximum absolute atomic E-state index is 11.9. The van der Waals surface area contributed by atoms with Crippen LogP contribution in [0.1, 0.15) is 18.9 Å². The molecule has 0 aromatic heterocycles. The van der Waals surface area contributed by atoms with Gasteiger partial charge in [0.05, 0.1) is 4.90 Å². The first-order chi connectivity index (χ1) is 9.45. The van der Waals surface area contributed by atoms with E-state index >= 15 is 0 Å². The molecule has 0 saturated heterocycles. The van der Waals surface area contributed by atoms with Crippen molar-refractivity contribution in [1.29, 1.82) is 0 Å². The second-order valence-corrected chi connectivity index (χ2v) is 6.08. The van der Waals surface area contributed by atoms with Gasteiger partial charge in [-0.05, 0) is 31.6 Å². The standard InChI is InChI=1S/C14H20N2O3S/c1-3-4-5-14(17)15-10-11-16-20(18,19)13-8-6-12(2)7-9-13/h4-9,16H,3,10-11H2,1-2H3,(H,15,17)/b5-4-. The zero-order chi connectivity index (χ0) is 15.0. The summed E-state index contributed by atoms with van der Waals surface area (Å²) in [6.07, 6.45) is 3.97. The third-order valence-corrected chi connectivity index (χ3v) is 4.03. The summed E-state index contributed by atoms with van der Waals surface area (Å²) in [5.74, 6) is -0.221. The molecule has 1 aromatic carbocycles. The molecule has 6 heteroatoms. The topological polar surface area (TPSA) is 75.3 Å². The van der Waals surface area contributed by atoms with E-state index < -0.39 is 10.0 Å². The van der Waals surface area contributed by atoms with Crippen molar-refractivity contribution in [2.45, 2.75) is 25.2 Å². The molecule has 0 radical (unpaired) electrons. The van der Waals surface area contributed by atoms with Gasteiger partial charge in [-0.15, -0.1) is 0 Å². The molecule has 1 amide bonds. The number of carbonyl (C=O) groups excluding carboxylic acids is 1. The highest BCUT2D eigenvalue weighted by molar-refractivity contribution is 7.89. The summed E-state index contributed by atoms with van der Waals surface area (Å²) in [6, 6.07) is 6.60. The molecule has 0 aliphatic carbocycles. The normalized spacial score (nSPS) is 11.7. The lowest BCUT2D eigenvalue weighted by Crippen LogP contribution is -2.34. The predicted octanol–water partition coefficient (Wildman–Crippen LogP) is 1.36. The number of benzene rings is 1. The van der Waals surface area contributed by atoms with Crippen LogP contribution in [0.5, 0.6) is 0 Å². The number of carbonyl (C=O) groups is 1. The zero-order valence-electron chi connectivity index (χ0n) is 11.7. The highest BCUT2D eigenvalue weighted by atomic mass is 32.2. The largest absolute Gasteiger partial charge is 0.351 e. The first kappa shape index (κ1) is 16.4. The van der Waals surface area contributed by atoms with Crippen LogP contribution in [-0.2, 0) is 14.8 Å². The summed E-state index contributed by atoms with van der Waals surface area (Å²) in [6.45, 7) is 4.22. The Balaban J connectivity index is 2.43.